The Bertz CT molecular complexity index is 632. The Kier molecular flexibility index (Phi) is 4.10. The summed E-state index contributed by atoms with van der Waals surface area (Å²) in [6, 6.07) is 3.82. The molecule has 110 valence electrons. The smallest absolute Gasteiger partial charge is 0.179 e. The third-order valence-corrected chi connectivity index (χ3v) is 3.40. The highest BCUT2D eigenvalue weighted by atomic mass is 35.5. The van der Waals surface area contributed by atoms with Gasteiger partial charge in [0.05, 0.1) is 36.3 Å². The lowest BCUT2D eigenvalue weighted by Crippen LogP contribution is -2.03. The van der Waals surface area contributed by atoms with Crippen molar-refractivity contribution in [3.63, 3.8) is 0 Å². The number of ether oxygens (including phenoxy) is 2. The first kappa shape index (κ1) is 13.9. The van der Waals surface area contributed by atoms with Gasteiger partial charge in [-0.05, 0) is 24.6 Å². The minimum absolute atomic E-state index is 0.571. The SMILES string of the molecule is Cc1cnc(NCc2cc(Cl)c3c(c2)OCCCO3)cn1. The summed E-state index contributed by atoms with van der Waals surface area (Å²) in [5, 5.41) is 3.78. The van der Waals surface area contributed by atoms with Crippen LogP contribution < -0.4 is 14.8 Å². The molecule has 5 nitrogen and oxygen atoms in total. The number of halogens is 1. The molecule has 0 saturated carbocycles. The first-order valence-electron chi connectivity index (χ1n) is 6.83. The summed E-state index contributed by atoms with van der Waals surface area (Å²) in [6.45, 7) is 3.77. The second kappa shape index (κ2) is 6.18. The number of nitrogens with one attached hydrogen (secondary N) is 1. The van der Waals surface area contributed by atoms with Crippen LogP contribution in [0.5, 0.6) is 11.5 Å². The number of aryl methyl sites for hydroxylation is 1. The highest BCUT2D eigenvalue weighted by molar-refractivity contribution is 6.32. The molecule has 0 bridgehead atoms. The second-order valence-electron chi connectivity index (χ2n) is 4.85. The van der Waals surface area contributed by atoms with Crippen LogP contribution in [0.25, 0.3) is 0 Å². The molecule has 0 unspecified atom stereocenters. The quantitative estimate of drug-likeness (QED) is 0.943. The average molecular weight is 306 g/mol. The van der Waals surface area contributed by atoms with E-state index < -0.39 is 0 Å². The van der Waals surface area contributed by atoms with Gasteiger partial charge in [0.2, 0.25) is 0 Å². The molecule has 0 fully saturated rings. The Morgan fingerprint density at radius 1 is 1.19 bits per heavy atom. The molecular formula is C15H16ClN3O2. The lowest BCUT2D eigenvalue weighted by atomic mass is 10.2. The zero-order chi connectivity index (χ0) is 14.7. The summed E-state index contributed by atoms with van der Waals surface area (Å²) >= 11 is 6.26. The third kappa shape index (κ3) is 3.36. The molecular weight excluding hydrogens is 290 g/mol. The van der Waals surface area contributed by atoms with Crippen molar-refractivity contribution in [1.29, 1.82) is 0 Å². The molecule has 6 heteroatoms. The van der Waals surface area contributed by atoms with Gasteiger partial charge in [-0.2, -0.15) is 0 Å². The fourth-order valence-electron chi connectivity index (χ4n) is 2.06. The van der Waals surface area contributed by atoms with Gasteiger partial charge in [-0.25, -0.2) is 4.98 Å². The molecule has 2 aromatic rings. The molecule has 3 rings (SSSR count). The average Bonchev–Trinajstić information content (AvgIpc) is 2.72. The van der Waals surface area contributed by atoms with Gasteiger partial charge in [-0.1, -0.05) is 11.6 Å². The molecule has 0 amide bonds. The topological polar surface area (TPSA) is 56.3 Å². The van der Waals surface area contributed by atoms with Crippen molar-refractivity contribution >= 4 is 17.4 Å². The number of nitrogens with zero attached hydrogens (tertiary/aromatic N) is 2. The van der Waals surface area contributed by atoms with Crippen LogP contribution in [0.4, 0.5) is 5.82 Å². The van der Waals surface area contributed by atoms with Crippen LogP contribution in [0.3, 0.4) is 0 Å². The molecule has 0 saturated heterocycles. The highest BCUT2D eigenvalue weighted by Gasteiger charge is 2.15. The lowest BCUT2D eigenvalue weighted by molar-refractivity contribution is 0.297. The Morgan fingerprint density at radius 3 is 2.86 bits per heavy atom. The molecule has 1 aromatic heterocycles. The number of rotatable bonds is 3. The van der Waals surface area contributed by atoms with Gasteiger partial charge in [0.15, 0.2) is 11.5 Å². The maximum Gasteiger partial charge on any atom is 0.179 e. The third-order valence-electron chi connectivity index (χ3n) is 3.12. The molecule has 21 heavy (non-hydrogen) atoms. The first-order valence-corrected chi connectivity index (χ1v) is 7.21. The van der Waals surface area contributed by atoms with Gasteiger partial charge in [0.1, 0.15) is 5.82 Å². The molecule has 0 radical (unpaired) electrons. The van der Waals surface area contributed by atoms with Crippen molar-refractivity contribution in [1.82, 2.24) is 9.97 Å². The summed E-state index contributed by atoms with van der Waals surface area (Å²) in [5.74, 6) is 2.06. The van der Waals surface area contributed by atoms with Crippen molar-refractivity contribution in [2.75, 3.05) is 18.5 Å². The van der Waals surface area contributed by atoms with Crippen molar-refractivity contribution in [2.45, 2.75) is 19.9 Å². The maximum absolute atomic E-state index is 6.26. The molecule has 0 spiro atoms. The monoisotopic (exact) mass is 305 g/mol. The molecule has 1 aromatic carbocycles. The number of hydrogen-bond acceptors (Lipinski definition) is 5. The van der Waals surface area contributed by atoms with Crippen molar-refractivity contribution in [3.8, 4) is 11.5 Å². The number of aromatic nitrogens is 2. The maximum atomic E-state index is 6.26. The number of hydrogen-bond donors (Lipinski definition) is 1. The minimum atomic E-state index is 0.571. The standard InChI is InChI=1S/C15H16ClN3O2/c1-10-7-18-14(9-17-10)19-8-11-5-12(16)15-13(6-11)20-3-2-4-21-15/h5-7,9H,2-4,8H2,1H3,(H,18,19). The number of fused-ring (bicyclic) bond motifs is 1. The fraction of sp³-hybridized carbons (Fsp3) is 0.333. The van der Waals surface area contributed by atoms with Crippen molar-refractivity contribution in [2.24, 2.45) is 0 Å². The second-order valence-corrected chi connectivity index (χ2v) is 5.26. The van der Waals surface area contributed by atoms with Crippen LogP contribution in [0.1, 0.15) is 17.7 Å². The molecule has 1 N–H and O–H groups in total. The predicted octanol–water partition coefficient (Wildman–Crippen LogP) is 3.21. The molecule has 1 aliphatic rings. The van der Waals surface area contributed by atoms with Gasteiger partial charge < -0.3 is 14.8 Å². The van der Waals surface area contributed by atoms with E-state index in [1.807, 2.05) is 19.1 Å². The fourth-order valence-corrected chi connectivity index (χ4v) is 2.35. The van der Waals surface area contributed by atoms with Crippen LogP contribution >= 0.6 is 11.6 Å². The van der Waals surface area contributed by atoms with Crippen LogP contribution in [-0.2, 0) is 6.54 Å². The van der Waals surface area contributed by atoms with E-state index in [0.29, 0.717) is 36.3 Å². The van der Waals surface area contributed by atoms with E-state index in [1.165, 1.54) is 0 Å². The Labute approximate surface area is 128 Å². The normalized spacial score (nSPS) is 13.6. The van der Waals surface area contributed by atoms with E-state index in [1.54, 1.807) is 12.4 Å². The van der Waals surface area contributed by atoms with E-state index in [2.05, 4.69) is 15.3 Å². The van der Waals surface area contributed by atoms with Crippen LogP contribution in [0.2, 0.25) is 5.02 Å². The summed E-state index contributed by atoms with van der Waals surface area (Å²) < 4.78 is 11.3. The van der Waals surface area contributed by atoms with E-state index in [0.717, 1.165) is 23.5 Å². The lowest BCUT2D eigenvalue weighted by Gasteiger charge is -2.12. The van der Waals surface area contributed by atoms with Crippen molar-refractivity contribution in [3.05, 3.63) is 40.8 Å². The van der Waals surface area contributed by atoms with Gasteiger partial charge >= 0.3 is 0 Å². The molecule has 0 aliphatic carbocycles. The van der Waals surface area contributed by atoms with Crippen molar-refractivity contribution < 1.29 is 9.47 Å². The van der Waals surface area contributed by atoms with E-state index in [4.69, 9.17) is 21.1 Å². The number of anilines is 1. The summed E-state index contributed by atoms with van der Waals surface area (Å²) in [5.41, 5.74) is 1.89. The summed E-state index contributed by atoms with van der Waals surface area (Å²) in [6.07, 6.45) is 4.29. The molecule has 2 heterocycles. The summed E-state index contributed by atoms with van der Waals surface area (Å²) in [4.78, 5) is 8.45. The predicted molar refractivity (Wildman–Crippen MR) is 81.2 cm³/mol. The van der Waals surface area contributed by atoms with E-state index in [9.17, 15) is 0 Å². The zero-order valence-corrected chi connectivity index (χ0v) is 12.5. The molecule has 0 atom stereocenters. The van der Waals surface area contributed by atoms with Gasteiger partial charge in [0, 0.05) is 13.0 Å². The van der Waals surface area contributed by atoms with Gasteiger partial charge in [-0.15, -0.1) is 0 Å². The van der Waals surface area contributed by atoms with Gasteiger partial charge in [0.25, 0.3) is 0 Å². The Hall–Kier alpha value is -2.01. The van der Waals surface area contributed by atoms with Gasteiger partial charge in [-0.3, -0.25) is 4.98 Å². The highest BCUT2D eigenvalue weighted by Crippen LogP contribution is 2.38. The van der Waals surface area contributed by atoms with E-state index >= 15 is 0 Å². The zero-order valence-electron chi connectivity index (χ0n) is 11.7. The first-order chi connectivity index (χ1) is 10.2. The minimum Gasteiger partial charge on any atom is -0.489 e. The van der Waals surface area contributed by atoms with Crippen LogP contribution in [-0.4, -0.2) is 23.2 Å². The largest absolute Gasteiger partial charge is 0.489 e. The number of benzene rings is 1. The Morgan fingerprint density at radius 2 is 2.05 bits per heavy atom. The Balaban J connectivity index is 1.75. The van der Waals surface area contributed by atoms with Crippen LogP contribution in [0, 0.1) is 6.92 Å². The molecule has 1 aliphatic heterocycles. The summed E-state index contributed by atoms with van der Waals surface area (Å²) in [7, 11) is 0. The van der Waals surface area contributed by atoms with E-state index in [-0.39, 0.29) is 0 Å². The van der Waals surface area contributed by atoms with Crippen LogP contribution in [0.15, 0.2) is 24.5 Å².